The highest BCUT2D eigenvalue weighted by atomic mass is 16.4. The van der Waals surface area contributed by atoms with Gasteiger partial charge in [0.05, 0.1) is 17.9 Å². The molecule has 0 spiro atoms. The van der Waals surface area contributed by atoms with Crippen LogP contribution < -0.4 is 0 Å². The third-order valence-electron chi connectivity index (χ3n) is 6.10. The van der Waals surface area contributed by atoms with E-state index in [0.717, 1.165) is 51.6 Å². The predicted octanol–water partition coefficient (Wildman–Crippen LogP) is 3.41. The molecule has 1 saturated carbocycles. The Morgan fingerprint density at radius 1 is 1.16 bits per heavy atom. The fourth-order valence-corrected chi connectivity index (χ4v) is 4.42. The van der Waals surface area contributed by atoms with Gasteiger partial charge < -0.3 is 10.0 Å². The van der Waals surface area contributed by atoms with Crippen LogP contribution in [0.4, 0.5) is 0 Å². The second kappa shape index (κ2) is 7.18. The van der Waals surface area contributed by atoms with Crippen LogP contribution in [-0.4, -0.2) is 44.8 Å². The third-order valence-corrected chi connectivity index (χ3v) is 6.10. The van der Waals surface area contributed by atoms with Crippen molar-refractivity contribution < 1.29 is 14.7 Å². The van der Waals surface area contributed by atoms with E-state index in [2.05, 4.69) is 12.0 Å². The summed E-state index contributed by atoms with van der Waals surface area (Å²) in [5.74, 6) is -0.617. The molecule has 1 aliphatic carbocycles. The van der Waals surface area contributed by atoms with Gasteiger partial charge in [-0.25, -0.2) is 4.79 Å². The van der Waals surface area contributed by atoms with Crippen LogP contribution in [0.25, 0.3) is 0 Å². The van der Waals surface area contributed by atoms with Gasteiger partial charge in [0.1, 0.15) is 5.56 Å². The number of aromatic nitrogens is 2. The monoisotopic (exact) mass is 347 g/mol. The molecule has 0 aromatic carbocycles. The van der Waals surface area contributed by atoms with E-state index in [1.807, 2.05) is 9.58 Å². The van der Waals surface area contributed by atoms with Crippen LogP contribution in [0.1, 0.15) is 80.4 Å². The van der Waals surface area contributed by atoms with Crippen LogP contribution in [0.15, 0.2) is 6.20 Å². The molecule has 0 radical (unpaired) electrons. The fraction of sp³-hybridized carbons (Fsp3) is 0.737. The number of hydrogen-bond acceptors (Lipinski definition) is 3. The van der Waals surface area contributed by atoms with Gasteiger partial charge in [-0.15, -0.1) is 0 Å². The van der Waals surface area contributed by atoms with Crippen molar-refractivity contribution in [2.24, 2.45) is 5.41 Å². The Morgan fingerprint density at radius 3 is 2.28 bits per heavy atom. The van der Waals surface area contributed by atoms with Gasteiger partial charge in [0.2, 0.25) is 5.91 Å². The molecule has 25 heavy (non-hydrogen) atoms. The molecule has 0 bridgehead atoms. The Hall–Kier alpha value is -1.85. The number of carboxylic acid groups (broad SMARTS) is 1. The highest BCUT2D eigenvalue weighted by Crippen LogP contribution is 2.37. The van der Waals surface area contributed by atoms with Crippen molar-refractivity contribution in [2.45, 2.75) is 71.3 Å². The molecule has 1 aromatic rings. The Kier molecular flexibility index (Phi) is 5.16. The first-order chi connectivity index (χ1) is 11.9. The number of nitrogens with zero attached hydrogens (tertiary/aromatic N) is 3. The Labute approximate surface area is 149 Å². The number of carbonyl (C=O) groups excluding carboxylic acids is 1. The molecule has 2 aliphatic rings. The van der Waals surface area contributed by atoms with Gasteiger partial charge >= 0.3 is 5.97 Å². The first-order valence-corrected chi connectivity index (χ1v) is 9.49. The molecule has 6 nitrogen and oxygen atoms in total. The molecule has 1 N–H and O–H groups in total. The van der Waals surface area contributed by atoms with Crippen molar-refractivity contribution >= 4 is 11.9 Å². The van der Waals surface area contributed by atoms with E-state index < -0.39 is 5.97 Å². The van der Waals surface area contributed by atoms with Crippen molar-refractivity contribution in [1.82, 2.24) is 14.7 Å². The van der Waals surface area contributed by atoms with Crippen molar-refractivity contribution in [1.29, 1.82) is 0 Å². The highest BCUT2D eigenvalue weighted by Gasteiger charge is 2.38. The molecule has 1 aromatic heterocycles. The molecular formula is C19H29N3O3. The van der Waals surface area contributed by atoms with Crippen LogP contribution in [0, 0.1) is 12.3 Å². The summed E-state index contributed by atoms with van der Waals surface area (Å²) in [5, 5.41) is 13.5. The van der Waals surface area contributed by atoms with Gasteiger partial charge in [-0.3, -0.25) is 9.48 Å². The summed E-state index contributed by atoms with van der Waals surface area (Å²) in [6, 6.07) is 0.180. The molecule has 0 unspecified atom stereocenters. The summed E-state index contributed by atoms with van der Waals surface area (Å²) >= 11 is 0. The average Bonchev–Trinajstić information content (AvgIpc) is 2.84. The van der Waals surface area contributed by atoms with Gasteiger partial charge in [0.25, 0.3) is 0 Å². The second-order valence-electron chi connectivity index (χ2n) is 7.89. The summed E-state index contributed by atoms with van der Waals surface area (Å²) < 4.78 is 1.83. The molecule has 138 valence electrons. The van der Waals surface area contributed by atoms with Crippen molar-refractivity contribution in [2.75, 3.05) is 13.1 Å². The number of rotatable bonds is 3. The van der Waals surface area contributed by atoms with Crippen molar-refractivity contribution in [3.63, 3.8) is 0 Å². The van der Waals surface area contributed by atoms with Crippen LogP contribution in [0.3, 0.4) is 0 Å². The minimum absolute atomic E-state index is 0.180. The lowest BCUT2D eigenvalue weighted by atomic mass is 9.80. The Bertz CT molecular complexity index is 636. The summed E-state index contributed by atoms with van der Waals surface area (Å²) in [7, 11) is 0. The first-order valence-electron chi connectivity index (χ1n) is 9.49. The topological polar surface area (TPSA) is 75.4 Å². The zero-order chi connectivity index (χ0) is 18.0. The van der Waals surface area contributed by atoms with Crippen LogP contribution in [-0.2, 0) is 4.79 Å². The first kappa shape index (κ1) is 18.0. The van der Waals surface area contributed by atoms with Gasteiger partial charge in [0, 0.05) is 18.5 Å². The quantitative estimate of drug-likeness (QED) is 0.850. The van der Waals surface area contributed by atoms with E-state index in [1.54, 1.807) is 6.92 Å². The van der Waals surface area contributed by atoms with E-state index in [1.165, 1.54) is 19.0 Å². The zero-order valence-corrected chi connectivity index (χ0v) is 15.3. The number of aromatic carboxylic acids is 1. The maximum atomic E-state index is 13.1. The number of hydrogen-bond donors (Lipinski definition) is 1. The normalized spacial score (nSPS) is 21.8. The number of amides is 1. The maximum Gasteiger partial charge on any atom is 0.339 e. The lowest BCUT2D eigenvalue weighted by Crippen LogP contribution is -2.46. The molecule has 2 heterocycles. The number of piperidine rings is 1. The van der Waals surface area contributed by atoms with Gasteiger partial charge in [-0.1, -0.05) is 32.6 Å². The number of likely N-dealkylation sites (tertiary alicyclic amines) is 1. The average molecular weight is 347 g/mol. The van der Waals surface area contributed by atoms with E-state index >= 15 is 0 Å². The van der Waals surface area contributed by atoms with Crippen LogP contribution >= 0.6 is 0 Å². The third kappa shape index (κ3) is 3.58. The smallest absolute Gasteiger partial charge is 0.339 e. The summed E-state index contributed by atoms with van der Waals surface area (Å²) in [5.41, 5.74) is 0.777. The molecule has 0 atom stereocenters. The minimum Gasteiger partial charge on any atom is -0.478 e. The lowest BCUT2D eigenvalue weighted by molar-refractivity contribution is -0.143. The van der Waals surface area contributed by atoms with Crippen molar-refractivity contribution in [3.05, 3.63) is 17.5 Å². The van der Waals surface area contributed by atoms with Crippen LogP contribution in [0.5, 0.6) is 0 Å². The summed E-state index contributed by atoms with van der Waals surface area (Å²) in [6.07, 6.45) is 9.92. The highest BCUT2D eigenvalue weighted by molar-refractivity contribution is 5.88. The largest absolute Gasteiger partial charge is 0.478 e. The minimum atomic E-state index is -0.933. The van der Waals surface area contributed by atoms with E-state index in [-0.39, 0.29) is 17.0 Å². The van der Waals surface area contributed by atoms with E-state index in [0.29, 0.717) is 11.6 Å². The maximum absolute atomic E-state index is 13.1. The van der Waals surface area contributed by atoms with E-state index in [9.17, 15) is 14.7 Å². The molecule has 6 heteroatoms. The molecule has 1 amide bonds. The molecule has 3 rings (SSSR count). The number of carbonyl (C=O) groups is 2. The summed E-state index contributed by atoms with van der Waals surface area (Å²) in [4.78, 5) is 26.3. The predicted molar refractivity (Wildman–Crippen MR) is 94.6 cm³/mol. The van der Waals surface area contributed by atoms with Gasteiger partial charge in [-0.2, -0.15) is 5.10 Å². The second-order valence-corrected chi connectivity index (χ2v) is 7.89. The molecular weight excluding hydrogens is 318 g/mol. The van der Waals surface area contributed by atoms with Crippen molar-refractivity contribution in [3.8, 4) is 0 Å². The standard InChI is InChI=1S/C19H29N3O3/c1-14-16(17(23)24)13-20-22(14)15-7-11-21(12-8-15)18(25)19(2)9-5-3-4-6-10-19/h13,15H,3-12H2,1-2H3,(H,23,24). The number of carboxylic acids is 1. The Morgan fingerprint density at radius 2 is 1.76 bits per heavy atom. The van der Waals surface area contributed by atoms with Gasteiger partial charge in [0.15, 0.2) is 0 Å². The zero-order valence-electron chi connectivity index (χ0n) is 15.3. The SMILES string of the molecule is Cc1c(C(=O)O)cnn1C1CCN(C(=O)C2(C)CCCCCC2)CC1. The lowest BCUT2D eigenvalue weighted by Gasteiger charge is -2.38. The molecule has 1 aliphatic heterocycles. The van der Waals surface area contributed by atoms with Gasteiger partial charge in [-0.05, 0) is 32.6 Å². The summed E-state index contributed by atoms with van der Waals surface area (Å²) in [6.45, 7) is 5.42. The van der Waals surface area contributed by atoms with Crippen LogP contribution in [0.2, 0.25) is 0 Å². The Balaban J connectivity index is 1.63. The van der Waals surface area contributed by atoms with E-state index in [4.69, 9.17) is 0 Å². The fourth-order valence-electron chi connectivity index (χ4n) is 4.42. The molecule has 2 fully saturated rings. The molecule has 1 saturated heterocycles.